The van der Waals surface area contributed by atoms with Gasteiger partial charge in [-0.2, -0.15) is 4.31 Å². The van der Waals surface area contributed by atoms with E-state index in [9.17, 15) is 8.42 Å². The molecule has 0 N–H and O–H groups in total. The molecular weight excluding hydrogens is 256 g/mol. The van der Waals surface area contributed by atoms with Crippen molar-refractivity contribution in [1.29, 1.82) is 0 Å². The van der Waals surface area contributed by atoms with Crippen molar-refractivity contribution >= 4 is 10.0 Å². The fourth-order valence-corrected chi connectivity index (χ4v) is 3.02. The predicted octanol–water partition coefficient (Wildman–Crippen LogP) is -1.32. The van der Waals surface area contributed by atoms with Crippen LogP contribution in [0, 0.1) is 0 Å². The van der Waals surface area contributed by atoms with Crippen molar-refractivity contribution < 1.29 is 8.42 Å². The zero-order valence-corrected chi connectivity index (χ0v) is 11.5. The molecule has 0 unspecified atom stereocenters. The van der Waals surface area contributed by atoms with Crippen molar-refractivity contribution in [3.05, 3.63) is 5.82 Å². The highest BCUT2D eigenvalue weighted by Crippen LogP contribution is 2.09. The minimum absolute atomic E-state index is 0.167. The molecule has 0 bridgehead atoms. The number of piperazine rings is 1. The summed E-state index contributed by atoms with van der Waals surface area (Å²) in [5.74, 6) is 0.960. The van der Waals surface area contributed by atoms with E-state index in [0.29, 0.717) is 32.7 Å². The maximum Gasteiger partial charge on any atom is 0.213 e. The number of nitrogens with zero attached hydrogens (tertiary/aromatic N) is 6. The van der Waals surface area contributed by atoms with E-state index in [4.69, 9.17) is 0 Å². The van der Waals surface area contributed by atoms with Crippen LogP contribution in [-0.4, -0.2) is 69.8 Å². The lowest BCUT2D eigenvalue weighted by atomic mass is 10.3. The molecule has 1 aromatic heterocycles. The van der Waals surface area contributed by atoms with Gasteiger partial charge < -0.3 is 0 Å². The third-order valence-electron chi connectivity index (χ3n) is 3.16. The van der Waals surface area contributed by atoms with Crippen molar-refractivity contribution in [3.63, 3.8) is 0 Å². The molecule has 1 fully saturated rings. The number of hydrogen-bond donors (Lipinski definition) is 0. The fourth-order valence-electron chi connectivity index (χ4n) is 1.93. The molecule has 18 heavy (non-hydrogen) atoms. The summed E-state index contributed by atoms with van der Waals surface area (Å²) < 4.78 is 26.6. The third kappa shape index (κ3) is 2.85. The van der Waals surface area contributed by atoms with E-state index in [1.165, 1.54) is 0 Å². The molecule has 0 atom stereocenters. The van der Waals surface area contributed by atoms with Gasteiger partial charge in [-0.1, -0.05) is 0 Å². The van der Waals surface area contributed by atoms with E-state index in [0.717, 1.165) is 5.82 Å². The van der Waals surface area contributed by atoms with Crippen LogP contribution in [0.1, 0.15) is 12.7 Å². The second-order valence-electron chi connectivity index (χ2n) is 4.29. The van der Waals surface area contributed by atoms with Crippen LogP contribution in [0.5, 0.6) is 0 Å². The van der Waals surface area contributed by atoms with E-state index >= 15 is 0 Å². The first-order valence-electron chi connectivity index (χ1n) is 5.94. The van der Waals surface area contributed by atoms with Gasteiger partial charge in [-0.05, 0) is 17.4 Å². The summed E-state index contributed by atoms with van der Waals surface area (Å²) in [5.41, 5.74) is 0. The SMILES string of the molecule is CCS(=O)(=O)N1CCN(Cc2nnnn2C)CC1. The number of sulfonamides is 1. The summed E-state index contributed by atoms with van der Waals surface area (Å²) in [6.45, 7) is 4.84. The Bertz CT molecular complexity index is 491. The monoisotopic (exact) mass is 274 g/mol. The van der Waals surface area contributed by atoms with E-state index in [1.807, 2.05) is 0 Å². The van der Waals surface area contributed by atoms with Crippen LogP contribution in [-0.2, 0) is 23.6 Å². The van der Waals surface area contributed by atoms with Gasteiger partial charge in [-0.15, -0.1) is 5.10 Å². The van der Waals surface area contributed by atoms with Gasteiger partial charge in [0.25, 0.3) is 0 Å². The van der Waals surface area contributed by atoms with Gasteiger partial charge in [-0.25, -0.2) is 13.1 Å². The van der Waals surface area contributed by atoms with Gasteiger partial charge in [0.05, 0.1) is 12.3 Å². The Morgan fingerprint density at radius 3 is 2.39 bits per heavy atom. The van der Waals surface area contributed by atoms with Gasteiger partial charge in [0.15, 0.2) is 5.82 Å². The van der Waals surface area contributed by atoms with E-state index in [2.05, 4.69) is 20.4 Å². The molecule has 0 aromatic carbocycles. The molecule has 2 rings (SSSR count). The topological polar surface area (TPSA) is 84.2 Å². The first-order valence-corrected chi connectivity index (χ1v) is 7.55. The summed E-state index contributed by atoms with van der Waals surface area (Å²) in [5, 5.41) is 11.3. The van der Waals surface area contributed by atoms with Crippen molar-refractivity contribution in [1.82, 2.24) is 29.4 Å². The zero-order valence-electron chi connectivity index (χ0n) is 10.7. The first-order chi connectivity index (χ1) is 8.53. The van der Waals surface area contributed by atoms with E-state index in [1.54, 1.807) is 23.0 Å². The molecule has 2 heterocycles. The van der Waals surface area contributed by atoms with Crippen molar-refractivity contribution in [2.24, 2.45) is 7.05 Å². The Hall–Kier alpha value is -1.06. The summed E-state index contributed by atoms with van der Waals surface area (Å²) in [6, 6.07) is 0. The highest BCUT2D eigenvalue weighted by molar-refractivity contribution is 7.89. The van der Waals surface area contributed by atoms with Gasteiger partial charge >= 0.3 is 0 Å². The maximum atomic E-state index is 11.7. The molecule has 1 saturated heterocycles. The molecule has 0 saturated carbocycles. The van der Waals surface area contributed by atoms with Crippen LogP contribution in [0.4, 0.5) is 0 Å². The number of tetrazole rings is 1. The van der Waals surface area contributed by atoms with Crippen LogP contribution in [0.2, 0.25) is 0 Å². The highest BCUT2D eigenvalue weighted by Gasteiger charge is 2.25. The minimum Gasteiger partial charge on any atom is -0.293 e. The third-order valence-corrected chi connectivity index (χ3v) is 5.04. The Labute approximate surface area is 107 Å². The quantitative estimate of drug-likeness (QED) is 0.677. The number of aromatic nitrogens is 4. The van der Waals surface area contributed by atoms with E-state index in [-0.39, 0.29) is 5.75 Å². The van der Waals surface area contributed by atoms with Crippen LogP contribution < -0.4 is 0 Å². The normalized spacial score (nSPS) is 19.2. The Morgan fingerprint density at radius 1 is 1.22 bits per heavy atom. The summed E-state index contributed by atoms with van der Waals surface area (Å²) in [4.78, 5) is 2.16. The molecule has 1 aromatic rings. The second kappa shape index (κ2) is 5.29. The maximum absolute atomic E-state index is 11.7. The van der Waals surface area contributed by atoms with Gasteiger partial charge in [0.1, 0.15) is 0 Å². The van der Waals surface area contributed by atoms with Gasteiger partial charge in [0, 0.05) is 33.2 Å². The van der Waals surface area contributed by atoms with Gasteiger partial charge in [0.2, 0.25) is 10.0 Å². The predicted molar refractivity (Wildman–Crippen MR) is 65.1 cm³/mol. The molecule has 0 aliphatic carbocycles. The van der Waals surface area contributed by atoms with Gasteiger partial charge in [-0.3, -0.25) is 4.90 Å². The smallest absolute Gasteiger partial charge is 0.213 e. The standard InChI is InChI=1S/C9H18N6O2S/c1-3-18(16,17)15-6-4-14(5-7-15)8-9-10-11-12-13(9)2/h3-8H2,1-2H3. The highest BCUT2D eigenvalue weighted by atomic mass is 32.2. The molecule has 102 valence electrons. The minimum atomic E-state index is -3.05. The van der Waals surface area contributed by atoms with Crippen LogP contribution in [0.3, 0.4) is 0 Å². The lowest BCUT2D eigenvalue weighted by Gasteiger charge is -2.33. The molecule has 8 nitrogen and oxygen atoms in total. The van der Waals surface area contributed by atoms with Crippen molar-refractivity contribution in [3.8, 4) is 0 Å². The zero-order chi connectivity index (χ0) is 13.2. The first kappa shape index (κ1) is 13.4. The summed E-state index contributed by atoms with van der Waals surface area (Å²) in [6.07, 6.45) is 0. The number of hydrogen-bond acceptors (Lipinski definition) is 6. The van der Waals surface area contributed by atoms with Crippen molar-refractivity contribution in [2.75, 3.05) is 31.9 Å². The van der Waals surface area contributed by atoms with Crippen molar-refractivity contribution in [2.45, 2.75) is 13.5 Å². The lowest BCUT2D eigenvalue weighted by molar-refractivity contribution is 0.176. The number of aryl methyl sites for hydroxylation is 1. The molecule has 0 amide bonds. The lowest BCUT2D eigenvalue weighted by Crippen LogP contribution is -2.48. The van der Waals surface area contributed by atoms with Crippen LogP contribution in [0.25, 0.3) is 0 Å². The number of rotatable bonds is 4. The fraction of sp³-hybridized carbons (Fsp3) is 0.889. The molecular formula is C9H18N6O2S. The molecule has 1 aliphatic rings. The second-order valence-corrected chi connectivity index (χ2v) is 6.55. The average molecular weight is 274 g/mol. The molecule has 0 spiro atoms. The largest absolute Gasteiger partial charge is 0.293 e. The van der Waals surface area contributed by atoms with Crippen LogP contribution >= 0.6 is 0 Å². The Kier molecular flexibility index (Phi) is 3.93. The summed E-state index contributed by atoms with van der Waals surface area (Å²) in [7, 11) is -1.25. The van der Waals surface area contributed by atoms with E-state index < -0.39 is 10.0 Å². The Morgan fingerprint density at radius 2 is 1.89 bits per heavy atom. The molecule has 1 aliphatic heterocycles. The average Bonchev–Trinajstić information content (AvgIpc) is 2.76. The summed E-state index contributed by atoms with van der Waals surface area (Å²) >= 11 is 0. The molecule has 9 heteroatoms. The Balaban J connectivity index is 1.90. The molecule has 0 radical (unpaired) electrons. The van der Waals surface area contributed by atoms with Crippen LogP contribution in [0.15, 0.2) is 0 Å².